The molecule has 1 fully saturated rings. The van der Waals surface area contributed by atoms with Gasteiger partial charge in [0.2, 0.25) is 0 Å². The SMILES string of the molecule is Cc1c(Cl)cccc1C1(N)CCOCC1. The molecule has 1 aliphatic heterocycles. The quantitative estimate of drug-likeness (QED) is 0.798. The van der Waals surface area contributed by atoms with Crippen LogP contribution in [0.1, 0.15) is 24.0 Å². The van der Waals surface area contributed by atoms with Crippen molar-refractivity contribution in [1.82, 2.24) is 0 Å². The molecule has 2 rings (SSSR count). The normalized spacial score (nSPS) is 20.2. The zero-order chi connectivity index (χ0) is 10.9. The number of hydrogen-bond acceptors (Lipinski definition) is 2. The van der Waals surface area contributed by atoms with Gasteiger partial charge < -0.3 is 10.5 Å². The summed E-state index contributed by atoms with van der Waals surface area (Å²) in [6.45, 7) is 3.51. The Morgan fingerprint density at radius 1 is 1.33 bits per heavy atom. The van der Waals surface area contributed by atoms with Crippen LogP contribution in [0.3, 0.4) is 0 Å². The molecule has 2 N–H and O–H groups in total. The van der Waals surface area contributed by atoms with Gasteiger partial charge in [0.15, 0.2) is 0 Å². The molecule has 1 aliphatic rings. The highest BCUT2D eigenvalue weighted by molar-refractivity contribution is 6.31. The van der Waals surface area contributed by atoms with Crippen LogP contribution in [0.5, 0.6) is 0 Å². The van der Waals surface area contributed by atoms with E-state index in [4.69, 9.17) is 22.1 Å². The summed E-state index contributed by atoms with van der Waals surface area (Å²) in [5.74, 6) is 0. The van der Waals surface area contributed by atoms with Crippen LogP contribution in [-0.2, 0) is 10.3 Å². The number of benzene rings is 1. The molecule has 0 radical (unpaired) electrons. The van der Waals surface area contributed by atoms with Crippen molar-refractivity contribution < 1.29 is 4.74 Å². The van der Waals surface area contributed by atoms with Crippen LogP contribution in [-0.4, -0.2) is 13.2 Å². The van der Waals surface area contributed by atoms with E-state index in [1.54, 1.807) is 0 Å². The summed E-state index contributed by atoms with van der Waals surface area (Å²) in [5.41, 5.74) is 8.42. The Labute approximate surface area is 95.4 Å². The third-order valence-electron chi connectivity index (χ3n) is 3.19. The Hall–Kier alpha value is -0.570. The van der Waals surface area contributed by atoms with Gasteiger partial charge in [0.25, 0.3) is 0 Å². The van der Waals surface area contributed by atoms with E-state index in [1.165, 1.54) is 5.56 Å². The maximum Gasteiger partial charge on any atom is 0.0486 e. The molecule has 0 amide bonds. The lowest BCUT2D eigenvalue weighted by atomic mass is 9.81. The molecule has 0 saturated carbocycles. The zero-order valence-electron chi connectivity index (χ0n) is 8.92. The van der Waals surface area contributed by atoms with Gasteiger partial charge in [0, 0.05) is 23.8 Å². The smallest absolute Gasteiger partial charge is 0.0486 e. The highest BCUT2D eigenvalue weighted by Crippen LogP contribution is 2.33. The molecule has 82 valence electrons. The van der Waals surface area contributed by atoms with Gasteiger partial charge in [-0.3, -0.25) is 0 Å². The van der Waals surface area contributed by atoms with Gasteiger partial charge in [-0.25, -0.2) is 0 Å². The number of hydrogen-bond donors (Lipinski definition) is 1. The molecule has 15 heavy (non-hydrogen) atoms. The Kier molecular flexibility index (Phi) is 3.01. The fourth-order valence-corrected chi connectivity index (χ4v) is 2.33. The molecule has 0 unspecified atom stereocenters. The van der Waals surface area contributed by atoms with E-state index < -0.39 is 0 Å². The van der Waals surface area contributed by atoms with Crippen LogP contribution in [0.2, 0.25) is 5.02 Å². The summed E-state index contributed by atoms with van der Waals surface area (Å²) in [6, 6.07) is 5.95. The first-order valence-electron chi connectivity index (χ1n) is 5.26. The molecule has 2 nitrogen and oxygen atoms in total. The molecule has 1 heterocycles. The molecule has 1 aromatic rings. The van der Waals surface area contributed by atoms with Gasteiger partial charge in [0.1, 0.15) is 0 Å². The summed E-state index contributed by atoms with van der Waals surface area (Å²) in [6.07, 6.45) is 1.74. The first-order valence-corrected chi connectivity index (χ1v) is 5.63. The fraction of sp³-hybridized carbons (Fsp3) is 0.500. The van der Waals surface area contributed by atoms with Gasteiger partial charge in [-0.05, 0) is 37.0 Å². The van der Waals surface area contributed by atoms with Crippen LogP contribution >= 0.6 is 11.6 Å². The summed E-state index contributed by atoms with van der Waals surface area (Å²) in [5, 5.41) is 0.795. The molecule has 1 saturated heterocycles. The van der Waals surface area contributed by atoms with Crippen molar-refractivity contribution in [3.63, 3.8) is 0 Å². The van der Waals surface area contributed by atoms with Crippen molar-refractivity contribution in [2.24, 2.45) is 5.73 Å². The largest absolute Gasteiger partial charge is 0.381 e. The van der Waals surface area contributed by atoms with E-state index in [1.807, 2.05) is 19.1 Å². The van der Waals surface area contributed by atoms with E-state index in [-0.39, 0.29) is 5.54 Å². The summed E-state index contributed by atoms with van der Waals surface area (Å²) in [7, 11) is 0. The van der Waals surface area contributed by atoms with Crippen molar-refractivity contribution >= 4 is 11.6 Å². The number of halogens is 1. The standard InChI is InChI=1S/C12H16ClNO/c1-9-10(3-2-4-11(9)13)12(14)5-7-15-8-6-12/h2-4H,5-8,14H2,1H3. The first-order chi connectivity index (χ1) is 7.13. The Morgan fingerprint density at radius 3 is 2.67 bits per heavy atom. The summed E-state index contributed by atoms with van der Waals surface area (Å²) in [4.78, 5) is 0. The molecular weight excluding hydrogens is 210 g/mol. The van der Waals surface area contributed by atoms with E-state index in [2.05, 4.69) is 6.07 Å². The zero-order valence-corrected chi connectivity index (χ0v) is 9.68. The third kappa shape index (κ3) is 2.03. The van der Waals surface area contributed by atoms with Crippen molar-refractivity contribution in [2.75, 3.05) is 13.2 Å². The second-order valence-corrected chi connectivity index (χ2v) is 4.59. The van der Waals surface area contributed by atoms with Gasteiger partial charge in [-0.1, -0.05) is 23.7 Å². The molecule has 0 spiro atoms. The van der Waals surface area contributed by atoms with Crippen LogP contribution in [0.25, 0.3) is 0 Å². The predicted molar refractivity (Wildman–Crippen MR) is 62.1 cm³/mol. The van der Waals surface area contributed by atoms with Crippen LogP contribution in [0.4, 0.5) is 0 Å². The summed E-state index contributed by atoms with van der Waals surface area (Å²) < 4.78 is 5.34. The molecule has 1 aromatic carbocycles. The van der Waals surface area contributed by atoms with Gasteiger partial charge in [0.05, 0.1) is 0 Å². The predicted octanol–water partition coefficient (Wildman–Crippen LogP) is 2.61. The average Bonchev–Trinajstić information content (AvgIpc) is 2.23. The number of nitrogens with two attached hydrogens (primary N) is 1. The van der Waals surface area contributed by atoms with Gasteiger partial charge >= 0.3 is 0 Å². The fourth-order valence-electron chi connectivity index (χ4n) is 2.15. The van der Waals surface area contributed by atoms with E-state index >= 15 is 0 Å². The van der Waals surface area contributed by atoms with Gasteiger partial charge in [-0.15, -0.1) is 0 Å². The lowest BCUT2D eigenvalue weighted by molar-refractivity contribution is 0.0520. The molecule has 0 aliphatic carbocycles. The monoisotopic (exact) mass is 225 g/mol. The highest BCUT2D eigenvalue weighted by Gasteiger charge is 2.31. The second kappa shape index (κ2) is 4.12. The van der Waals surface area contributed by atoms with E-state index in [0.29, 0.717) is 0 Å². The topological polar surface area (TPSA) is 35.2 Å². The van der Waals surface area contributed by atoms with E-state index in [0.717, 1.165) is 36.6 Å². The van der Waals surface area contributed by atoms with Crippen molar-refractivity contribution in [3.05, 3.63) is 34.3 Å². The van der Waals surface area contributed by atoms with E-state index in [9.17, 15) is 0 Å². The van der Waals surface area contributed by atoms with Crippen molar-refractivity contribution in [2.45, 2.75) is 25.3 Å². The maximum absolute atomic E-state index is 6.41. The third-order valence-corrected chi connectivity index (χ3v) is 3.60. The lowest BCUT2D eigenvalue weighted by Crippen LogP contribution is -2.42. The van der Waals surface area contributed by atoms with Crippen LogP contribution in [0.15, 0.2) is 18.2 Å². The minimum Gasteiger partial charge on any atom is -0.381 e. The first kappa shape index (κ1) is 10.9. The maximum atomic E-state index is 6.41. The minimum atomic E-state index is -0.257. The van der Waals surface area contributed by atoms with Crippen molar-refractivity contribution in [3.8, 4) is 0 Å². The molecule has 3 heteroatoms. The Morgan fingerprint density at radius 2 is 2.00 bits per heavy atom. The van der Waals surface area contributed by atoms with Crippen LogP contribution in [0, 0.1) is 6.92 Å². The van der Waals surface area contributed by atoms with Crippen molar-refractivity contribution in [1.29, 1.82) is 0 Å². The average molecular weight is 226 g/mol. The van der Waals surface area contributed by atoms with Gasteiger partial charge in [-0.2, -0.15) is 0 Å². The highest BCUT2D eigenvalue weighted by atomic mass is 35.5. The minimum absolute atomic E-state index is 0.257. The van der Waals surface area contributed by atoms with Crippen LogP contribution < -0.4 is 5.73 Å². The molecule has 0 bridgehead atoms. The Balaban J connectivity index is 2.39. The molecular formula is C12H16ClNO. The lowest BCUT2D eigenvalue weighted by Gasteiger charge is -2.35. The second-order valence-electron chi connectivity index (χ2n) is 4.18. The molecule has 0 aromatic heterocycles. The summed E-state index contributed by atoms with van der Waals surface area (Å²) >= 11 is 6.11. The number of rotatable bonds is 1. The Bertz CT molecular complexity index is 359. The molecule has 0 atom stereocenters. The number of ether oxygens (including phenoxy) is 1.